The zero-order valence-electron chi connectivity index (χ0n) is 12.1. The minimum atomic E-state index is -0.585. The normalized spacial score (nSPS) is 10.9. The van der Waals surface area contributed by atoms with E-state index >= 15 is 0 Å². The first kappa shape index (κ1) is 14.2. The molecule has 0 bridgehead atoms. The Morgan fingerprint density at radius 1 is 1.14 bits per heavy atom. The molecule has 3 aromatic rings. The lowest BCUT2D eigenvalue weighted by atomic mass is 10.2. The molecule has 0 aliphatic heterocycles. The SMILES string of the molecule is CCc1ncc(-c2nc(C)nn2-c2cc(F)ccc2F)cn1. The van der Waals surface area contributed by atoms with Crippen LogP contribution in [0.5, 0.6) is 0 Å². The first-order valence-corrected chi connectivity index (χ1v) is 6.79. The van der Waals surface area contributed by atoms with Crippen molar-refractivity contribution < 1.29 is 8.78 Å². The number of halogens is 2. The molecule has 0 unspecified atom stereocenters. The van der Waals surface area contributed by atoms with Gasteiger partial charge >= 0.3 is 0 Å². The van der Waals surface area contributed by atoms with Crippen LogP contribution in [0.4, 0.5) is 8.78 Å². The number of aryl methyl sites for hydroxylation is 2. The van der Waals surface area contributed by atoms with E-state index in [2.05, 4.69) is 20.1 Å². The molecule has 0 aliphatic rings. The van der Waals surface area contributed by atoms with Gasteiger partial charge in [0, 0.05) is 24.9 Å². The van der Waals surface area contributed by atoms with Crippen molar-refractivity contribution >= 4 is 0 Å². The topological polar surface area (TPSA) is 56.5 Å². The number of nitrogens with zero attached hydrogens (tertiary/aromatic N) is 5. The molecule has 112 valence electrons. The van der Waals surface area contributed by atoms with Gasteiger partial charge in [-0.15, -0.1) is 0 Å². The third-order valence-corrected chi connectivity index (χ3v) is 3.13. The van der Waals surface area contributed by atoms with E-state index in [1.54, 1.807) is 19.3 Å². The van der Waals surface area contributed by atoms with Gasteiger partial charge < -0.3 is 0 Å². The van der Waals surface area contributed by atoms with E-state index in [-0.39, 0.29) is 5.69 Å². The second-order valence-electron chi connectivity index (χ2n) is 4.73. The largest absolute Gasteiger partial charge is 0.241 e. The Morgan fingerprint density at radius 2 is 1.86 bits per heavy atom. The van der Waals surface area contributed by atoms with Gasteiger partial charge in [-0.3, -0.25) is 0 Å². The number of aromatic nitrogens is 5. The summed E-state index contributed by atoms with van der Waals surface area (Å²) in [5.74, 6) is 0.373. The predicted molar refractivity (Wildman–Crippen MR) is 76.4 cm³/mol. The molecule has 1 aromatic carbocycles. The lowest BCUT2D eigenvalue weighted by Crippen LogP contribution is -2.04. The van der Waals surface area contributed by atoms with Crippen molar-refractivity contribution in [3.63, 3.8) is 0 Å². The summed E-state index contributed by atoms with van der Waals surface area (Å²) in [6.45, 7) is 3.63. The lowest BCUT2D eigenvalue weighted by molar-refractivity contribution is 0.587. The summed E-state index contributed by atoms with van der Waals surface area (Å²) < 4.78 is 28.7. The van der Waals surface area contributed by atoms with Gasteiger partial charge in [-0.05, 0) is 19.1 Å². The molecule has 5 nitrogen and oxygen atoms in total. The van der Waals surface area contributed by atoms with Crippen LogP contribution in [0, 0.1) is 18.6 Å². The van der Waals surface area contributed by atoms with Gasteiger partial charge in [-0.1, -0.05) is 6.92 Å². The summed E-state index contributed by atoms with van der Waals surface area (Å²) in [7, 11) is 0. The first-order chi connectivity index (χ1) is 10.6. The Morgan fingerprint density at radius 3 is 2.55 bits per heavy atom. The molecular weight excluding hydrogens is 288 g/mol. The van der Waals surface area contributed by atoms with Crippen LogP contribution in [0.15, 0.2) is 30.6 Å². The van der Waals surface area contributed by atoms with Crippen LogP contribution in [0.25, 0.3) is 17.1 Å². The van der Waals surface area contributed by atoms with Gasteiger partial charge in [0.1, 0.15) is 29.0 Å². The molecule has 22 heavy (non-hydrogen) atoms. The third kappa shape index (κ3) is 2.57. The van der Waals surface area contributed by atoms with Gasteiger partial charge in [0.15, 0.2) is 5.82 Å². The maximum absolute atomic E-state index is 14.0. The number of hydrogen-bond donors (Lipinski definition) is 0. The highest BCUT2D eigenvalue weighted by Crippen LogP contribution is 2.22. The maximum Gasteiger partial charge on any atom is 0.166 e. The van der Waals surface area contributed by atoms with Crippen LogP contribution in [-0.4, -0.2) is 24.7 Å². The molecule has 3 rings (SSSR count). The molecule has 0 radical (unpaired) electrons. The fourth-order valence-corrected chi connectivity index (χ4v) is 2.07. The molecular formula is C15H13F2N5. The molecule has 0 amide bonds. The summed E-state index contributed by atoms with van der Waals surface area (Å²) >= 11 is 0. The van der Waals surface area contributed by atoms with Crippen LogP contribution >= 0.6 is 0 Å². The molecule has 0 N–H and O–H groups in total. The minimum Gasteiger partial charge on any atom is -0.241 e. The Hall–Kier alpha value is -2.70. The highest BCUT2D eigenvalue weighted by Gasteiger charge is 2.16. The van der Waals surface area contributed by atoms with Crippen molar-refractivity contribution in [2.24, 2.45) is 0 Å². The molecule has 0 aliphatic carbocycles. The molecule has 0 spiro atoms. The summed E-state index contributed by atoms with van der Waals surface area (Å²) in [5, 5.41) is 4.15. The van der Waals surface area contributed by atoms with Gasteiger partial charge in [0.05, 0.1) is 5.56 Å². The van der Waals surface area contributed by atoms with Gasteiger partial charge in [0.25, 0.3) is 0 Å². The summed E-state index contributed by atoms with van der Waals surface area (Å²) in [5.41, 5.74) is 0.580. The van der Waals surface area contributed by atoms with Crippen LogP contribution in [0.2, 0.25) is 0 Å². The van der Waals surface area contributed by atoms with Crippen LogP contribution < -0.4 is 0 Å². The van der Waals surface area contributed by atoms with Crippen LogP contribution in [0.1, 0.15) is 18.6 Å². The number of benzene rings is 1. The summed E-state index contributed by atoms with van der Waals surface area (Å²) in [6, 6.07) is 3.19. The smallest absolute Gasteiger partial charge is 0.166 e. The Balaban J connectivity index is 2.15. The molecule has 7 heteroatoms. The Kier molecular flexibility index (Phi) is 3.62. The summed E-state index contributed by atoms with van der Waals surface area (Å²) in [6.07, 6.45) is 3.91. The second kappa shape index (κ2) is 5.59. The molecule has 2 heterocycles. The quantitative estimate of drug-likeness (QED) is 0.746. The van der Waals surface area contributed by atoms with E-state index in [9.17, 15) is 8.78 Å². The van der Waals surface area contributed by atoms with E-state index in [1.165, 1.54) is 4.68 Å². The molecule has 0 saturated carbocycles. The average Bonchev–Trinajstić information content (AvgIpc) is 2.91. The van der Waals surface area contributed by atoms with Crippen molar-refractivity contribution in [3.8, 4) is 17.1 Å². The van der Waals surface area contributed by atoms with Gasteiger partial charge in [-0.25, -0.2) is 28.4 Å². The van der Waals surface area contributed by atoms with Crippen molar-refractivity contribution in [2.45, 2.75) is 20.3 Å². The van der Waals surface area contributed by atoms with E-state index < -0.39 is 11.6 Å². The maximum atomic E-state index is 14.0. The second-order valence-corrected chi connectivity index (χ2v) is 4.73. The van der Waals surface area contributed by atoms with E-state index in [0.717, 1.165) is 18.2 Å². The van der Waals surface area contributed by atoms with Crippen molar-refractivity contribution in [3.05, 3.63) is 53.9 Å². The van der Waals surface area contributed by atoms with Crippen molar-refractivity contribution in [1.29, 1.82) is 0 Å². The van der Waals surface area contributed by atoms with E-state index in [0.29, 0.717) is 29.5 Å². The number of rotatable bonds is 3. The standard InChI is InChI=1S/C15H13F2N5/c1-3-14-18-7-10(8-19-14)15-20-9(2)21-22(15)13-6-11(16)4-5-12(13)17/h4-8H,3H2,1-2H3. The third-order valence-electron chi connectivity index (χ3n) is 3.13. The highest BCUT2D eigenvalue weighted by molar-refractivity contribution is 5.56. The van der Waals surface area contributed by atoms with Crippen LogP contribution in [0.3, 0.4) is 0 Å². The monoisotopic (exact) mass is 301 g/mol. The Bertz CT molecular complexity index is 811. The van der Waals surface area contributed by atoms with Gasteiger partial charge in [0.2, 0.25) is 0 Å². The average molecular weight is 301 g/mol. The fraction of sp³-hybridized carbons (Fsp3) is 0.200. The molecule has 0 atom stereocenters. The zero-order valence-corrected chi connectivity index (χ0v) is 12.1. The molecule has 2 aromatic heterocycles. The van der Waals surface area contributed by atoms with E-state index in [1.807, 2.05) is 6.92 Å². The zero-order chi connectivity index (χ0) is 15.7. The minimum absolute atomic E-state index is 0.00447. The van der Waals surface area contributed by atoms with Gasteiger partial charge in [-0.2, -0.15) is 5.10 Å². The molecule has 0 fully saturated rings. The molecule has 0 saturated heterocycles. The van der Waals surface area contributed by atoms with E-state index in [4.69, 9.17) is 0 Å². The first-order valence-electron chi connectivity index (χ1n) is 6.79. The lowest BCUT2D eigenvalue weighted by Gasteiger charge is -2.07. The highest BCUT2D eigenvalue weighted by atomic mass is 19.1. The summed E-state index contributed by atoms with van der Waals surface area (Å²) in [4.78, 5) is 12.7. The van der Waals surface area contributed by atoms with Crippen LogP contribution in [-0.2, 0) is 6.42 Å². The predicted octanol–water partition coefficient (Wildman–Crippen LogP) is 2.87. The fourth-order valence-electron chi connectivity index (χ4n) is 2.07. The Labute approximate surface area is 125 Å². The number of hydrogen-bond acceptors (Lipinski definition) is 4. The van der Waals surface area contributed by atoms with Crippen molar-refractivity contribution in [2.75, 3.05) is 0 Å². The van der Waals surface area contributed by atoms with Crippen molar-refractivity contribution in [1.82, 2.24) is 24.7 Å².